The van der Waals surface area contributed by atoms with Gasteiger partial charge in [0.25, 0.3) is 5.91 Å². The Hall–Kier alpha value is -2.95. The number of rotatable bonds is 6. The number of aromatic amines is 1. The van der Waals surface area contributed by atoms with Crippen molar-refractivity contribution in [2.45, 2.75) is 17.9 Å². The first-order valence-corrected chi connectivity index (χ1v) is 10.6. The number of benzene rings is 2. The molecular formula is C19H19ClN4O5S. The normalized spacial score (nSPS) is 12.7. The first kappa shape index (κ1) is 21.8. The summed E-state index contributed by atoms with van der Waals surface area (Å²) in [6.07, 6.45) is 0.497. The number of halogens is 1. The zero-order valence-electron chi connectivity index (χ0n) is 16.3. The zero-order chi connectivity index (χ0) is 22.1. The Morgan fingerprint density at radius 3 is 2.63 bits per heavy atom. The third-order valence-electron chi connectivity index (χ3n) is 4.29. The fourth-order valence-corrected chi connectivity index (χ4v) is 3.96. The summed E-state index contributed by atoms with van der Waals surface area (Å²) in [7, 11) is -1.05. The van der Waals surface area contributed by atoms with E-state index in [1.807, 2.05) is 0 Å². The number of carbonyl (C=O) groups is 2. The van der Waals surface area contributed by atoms with E-state index >= 15 is 0 Å². The number of carbonyl (C=O) groups excluding carboxylic acids is 2. The van der Waals surface area contributed by atoms with E-state index in [-0.39, 0.29) is 21.2 Å². The number of hydrogen-bond donors (Lipinski definition) is 2. The molecule has 0 radical (unpaired) electrons. The first-order valence-electron chi connectivity index (χ1n) is 8.76. The molecule has 0 fully saturated rings. The number of nitrogens with zero attached hydrogens (tertiary/aromatic N) is 2. The molecule has 1 aromatic heterocycles. The van der Waals surface area contributed by atoms with Crippen LogP contribution in [0.5, 0.6) is 0 Å². The van der Waals surface area contributed by atoms with Crippen LogP contribution in [0.4, 0.5) is 5.69 Å². The van der Waals surface area contributed by atoms with Gasteiger partial charge in [-0.3, -0.25) is 9.89 Å². The predicted octanol–water partition coefficient (Wildman–Crippen LogP) is 2.65. The molecule has 0 saturated heterocycles. The molecule has 9 nitrogen and oxygen atoms in total. The van der Waals surface area contributed by atoms with Crippen molar-refractivity contribution in [2.75, 3.05) is 19.4 Å². The number of nitrogens with one attached hydrogen (secondary N) is 2. The molecule has 0 aliphatic heterocycles. The summed E-state index contributed by atoms with van der Waals surface area (Å²) in [5.41, 5.74) is 1.13. The van der Waals surface area contributed by atoms with Crippen LogP contribution >= 0.6 is 11.6 Å². The second kappa shape index (κ2) is 8.42. The Morgan fingerprint density at radius 2 is 1.93 bits per heavy atom. The van der Waals surface area contributed by atoms with E-state index in [1.165, 1.54) is 39.2 Å². The molecule has 0 aliphatic rings. The Morgan fingerprint density at radius 1 is 1.20 bits per heavy atom. The molecule has 158 valence electrons. The topological polar surface area (TPSA) is 121 Å². The third-order valence-corrected chi connectivity index (χ3v) is 6.58. The molecule has 11 heteroatoms. The molecule has 2 aromatic carbocycles. The summed E-state index contributed by atoms with van der Waals surface area (Å²) in [6.45, 7) is 1.41. The van der Waals surface area contributed by atoms with E-state index in [1.54, 1.807) is 24.4 Å². The van der Waals surface area contributed by atoms with Crippen LogP contribution < -0.4 is 5.32 Å². The van der Waals surface area contributed by atoms with Crippen molar-refractivity contribution >= 4 is 50.1 Å². The summed E-state index contributed by atoms with van der Waals surface area (Å²) >= 11 is 6.00. The minimum absolute atomic E-state index is 0.0235. The molecule has 1 atom stereocenters. The summed E-state index contributed by atoms with van der Waals surface area (Å²) in [5, 5.41) is 10.0. The van der Waals surface area contributed by atoms with Crippen LogP contribution in [0, 0.1) is 0 Å². The van der Waals surface area contributed by atoms with Gasteiger partial charge >= 0.3 is 5.97 Å². The highest BCUT2D eigenvalue weighted by molar-refractivity contribution is 7.89. The van der Waals surface area contributed by atoms with Gasteiger partial charge in [0, 0.05) is 25.2 Å². The van der Waals surface area contributed by atoms with E-state index in [4.69, 9.17) is 16.3 Å². The van der Waals surface area contributed by atoms with Gasteiger partial charge in [0.15, 0.2) is 6.10 Å². The van der Waals surface area contributed by atoms with Crippen molar-refractivity contribution < 1.29 is 22.7 Å². The van der Waals surface area contributed by atoms with Gasteiger partial charge in [-0.05, 0) is 37.3 Å². The summed E-state index contributed by atoms with van der Waals surface area (Å²) < 4.78 is 30.9. The summed E-state index contributed by atoms with van der Waals surface area (Å²) in [6, 6.07) is 8.92. The van der Waals surface area contributed by atoms with Gasteiger partial charge in [0.2, 0.25) is 10.0 Å². The second-order valence-corrected chi connectivity index (χ2v) is 9.17. The van der Waals surface area contributed by atoms with Gasteiger partial charge in [-0.1, -0.05) is 17.7 Å². The van der Waals surface area contributed by atoms with Crippen molar-refractivity contribution in [3.63, 3.8) is 0 Å². The number of H-pyrrole nitrogens is 1. The number of amides is 1. The highest BCUT2D eigenvalue weighted by atomic mass is 35.5. The molecule has 1 heterocycles. The molecule has 0 bridgehead atoms. The van der Waals surface area contributed by atoms with Crippen LogP contribution in [-0.2, 0) is 19.6 Å². The number of aromatic nitrogens is 2. The molecule has 1 amide bonds. The van der Waals surface area contributed by atoms with Crippen LogP contribution in [-0.4, -0.2) is 55.0 Å². The molecule has 0 aliphatic carbocycles. The maximum absolute atomic E-state index is 12.4. The average Bonchev–Trinajstić information content (AvgIpc) is 3.16. The standard InChI is InChI=1S/C19H19ClN4O5S/c1-11(29-19(26)12-4-5-13-10-21-23-16(13)8-12)18(25)22-14-6-7-15(20)17(9-14)30(27,28)24(2)3/h4-11H,1-3H3,(H,21,23)(H,22,25)/t11-/m1/s1. The van der Waals surface area contributed by atoms with Gasteiger partial charge in [-0.15, -0.1) is 0 Å². The van der Waals surface area contributed by atoms with E-state index in [9.17, 15) is 18.0 Å². The maximum Gasteiger partial charge on any atom is 0.338 e. The van der Waals surface area contributed by atoms with Gasteiger partial charge in [-0.25, -0.2) is 17.5 Å². The monoisotopic (exact) mass is 450 g/mol. The van der Waals surface area contributed by atoms with Crippen molar-refractivity contribution in [3.05, 3.63) is 53.2 Å². The molecule has 0 saturated carbocycles. The van der Waals surface area contributed by atoms with Gasteiger partial charge in [-0.2, -0.15) is 5.10 Å². The van der Waals surface area contributed by atoms with Crippen molar-refractivity contribution in [1.29, 1.82) is 0 Å². The highest BCUT2D eigenvalue weighted by Gasteiger charge is 2.23. The molecule has 3 aromatic rings. The maximum atomic E-state index is 12.4. The summed E-state index contributed by atoms with van der Waals surface area (Å²) in [4.78, 5) is 24.6. The molecule has 2 N–H and O–H groups in total. The number of fused-ring (bicyclic) bond motifs is 1. The second-order valence-electron chi connectivity index (χ2n) is 6.64. The van der Waals surface area contributed by atoms with Crippen LogP contribution in [0.1, 0.15) is 17.3 Å². The molecular weight excluding hydrogens is 432 g/mol. The lowest BCUT2D eigenvalue weighted by molar-refractivity contribution is -0.123. The fourth-order valence-electron chi connectivity index (χ4n) is 2.57. The minimum atomic E-state index is -3.80. The van der Waals surface area contributed by atoms with E-state index < -0.39 is 28.0 Å². The number of esters is 1. The van der Waals surface area contributed by atoms with E-state index in [0.29, 0.717) is 5.52 Å². The molecule has 0 spiro atoms. The zero-order valence-corrected chi connectivity index (χ0v) is 17.9. The van der Waals surface area contributed by atoms with E-state index in [2.05, 4.69) is 15.5 Å². The lowest BCUT2D eigenvalue weighted by Gasteiger charge is -2.16. The van der Waals surface area contributed by atoms with Crippen LogP contribution in [0.3, 0.4) is 0 Å². The minimum Gasteiger partial charge on any atom is -0.449 e. The number of sulfonamides is 1. The van der Waals surface area contributed by atoms with Crippen LogP contribution in [0.25, 0.3) is 10.9 Å². The fraction of sp³-hybridized carbons (Fsp3) is 0.211. The number of hydrogen-bond acceptors (Lipinski definition) is 6. The highest BCUT2D eigenvalue weighted by Crippen LogP contribution is 2.27. The molecule has 0 unspecified atom stereocenters. The first-order chi connectivity index (χ1) is 14.1. The molecule has 3 rings (SSSR count). The van der Waals surface area contributed by atoms with Crippen molar-refractivity contribution in [3.8, 4) is 0 Å². The van der Waals surface area contributed by atoms with Gasteiger partial charge in [0.1, 0.15) is 4.90 Å². The Bertz CT molecular complexity index is 1220. The predicted molar refractivity (Wildman–Crippen MR) is 112 cm³/mol. The third kappa shape index (κ3) is 4.45. The Labute approximate surface area is 178 Å². The van der Waals surface area contributed by atoms with Gasteiger partial charge < -0.3 is 10.1 Å². The Balaban J connectivity index is 1.71. The van der Waals surface area contributed by atoms with Crippen LogP contribution in [0.15, 0.2) is 47.5 Å². The summed E-state index contributed by atoms with van der Waals surface area (Å²) in [5.74, 6) is -1.30. The quantitative estimate of drug-likeness (QED) is 0.557. The van der Waals surface area contributed by atoms with Crippen molar-refractivity contribution in [2.24, 2.45) is 0 Å². The lowest BCUT2D eigenvalue weighted by atomic mass is 10.2. The number of ether oxygens (including phenoxy) is 1. The Kier molecular flexibility index (Phi) is 6.11. The largest absolute Gasteiger partial charge is 0.449 e. The van der Waals surface area contributed by atoms with Gasteiger partial charge in [0.05, 0.1) is 22.3 Å². The molecule has 30 heavy (non-hydrogen) atoms. The SMILES string of the molecule is C[C@@H](OC(=O)c1ccc2cn[nH]c2c1)C(=O)Nc1ccc(Cl)c(S(=O)(=O)N(C)C)c1. The number of anilines is 1. The van der Waals surface area contributed by atoms with Crippen LogP contribution in [0.2, 0.25) is 5.02 Å². The lowest BCUT2D eigenvalue weighted by Crippen LogP contribution is -2.30. The smallest absolute Gasteiger partial charge is 0.338 e. The van der Waals surface area contributed by atoms with E-state index in [0.717, 1.165) is 9.69 Å². The average molecular weight is 451 g/mol. The van der Waals surface area contributed by atoms with Crippen molar-refractivity contribution in [1.82, 2.24) is 14.5 Å².